The summed E-state index contributed by atoms with van der Waals surface area (Å²) in [7, 11) is -1.02. The fourth-order valence-electron chi connectivity index (χ4n) is 3.68. The summed E-state index contributed by atoms with van der Waals surface area (Å²) in [6.45, 7) is 4.25. The minimum absolute atomic E-state index is 0.0819. The fourth-order valence-corrected chi connectivity index (χ4v) is 5.00. The van der Waals surface area contributed by atoms with Gasteiger partial charge in [0, 0.05) is 23.4 Å². The van der Waals surface area contributed by atoms with Gasteiger partial charge in [0.25, 0.3) is 0 Å². The molecule has 0 amide bonds. The van der Waals surface area contributed by atoms with E-state index in [-0.39, 0.29) is 5.95 Å². The highest BCUT2D eigenvalue weighted by molar-refractivity contribution is 7.92. The summed E-state index contributed by atoms with van der Waals surface area (Å²) >= 11 is 0. The Morgan fingerprint density at radius 1 is 1.21 bits per heavy atom. The summed E-state index contributed by atoms with van der Waals surface area (Å²) in [5, 5.41) is 18.9. The number of anilines is 1. The topological polar surface area (TPSA) is 138 Å². The molecule has 2 aromatic heterocycles. The van der Waals surface area contributed by atoms with E-state index < -0.39 is 27.3 Å². The molecule has 34 heavy (non-hydrogen) atoms. The summed E-state index contributed by atoms with van der Waals surface area (Å²) in [5.41, 5.74) is 1.30. The van der Waals surface area contributed by atoms with Gasteiger partial charge in [-0.25, -0.2) is 8.42 Å². The van der Waals surface area contributed by atoms with Crippen molar-refractivity contribution >= 4 is 16.0 Å². The number of hydrogen-bond donors (Lipinski definition) is 2. The van der Waals surface area contributed by atoms with Crippen LogP contribution in [-0.4, -0.2) is 72.6 Å². The first kappa shape index (κ1) is 23.9. The van der Waals surface area contributed by atoms with Crippen LogP contribution in [0.1, 0.15) is 12.5 Å². The van der Waals surface area contributed by atoms with Crippen molar-refractivity contribution in [2.24, 2.45) is 5.41 Å². The van der Waals surface area contributed by atoms with E-state index in [4.69, 9.17) is 14.2 Å². The second-order valence-corrected chi connectivity index (χ2v) is 10.3. The average molecular weight is 490 g/mol. The number of aryl methyl sites for hydroxylation is 1. The quantitative estimate of drug-likeness (QED) is 0.461. The van der Waals surface area contributed by atoms with Gasteiger partial charge in [0.2, 0.25) is 16.0 Å². The number of benzene rings is 1. The highest BCUT2D eigenvalue weighted by Crippen LogP contribution is 2.38. The number of sulfonamides is 1. The van der Waals surface area contributed by atoms with Gasteiger partial charge in [-0.15, -0.1) is 10.2 Å². The maximum atomic E-state index is 13.0. The SMILES string of the molecule is COc1cccc(OC)c1-n1c(NS(=O)(=O)C[C@H](O)C2(C)COC2)nnc1-c1cncc(C)c1. The lowest BCUT2D eigenvalue weighted by molar-refractivity contribution is -0.154. The molecule has 1 fully saturated rings. The lowest BCUT2D eigenvalue weighted by Crippen LogP contribution is -2.52. The third-order valence-corrected chi connectivity index (χ3v) is 6.96. The Morgan fingerprint density at radius 3 is 2.44 bits per heavy atom. The maximum absolute atomic E-state index is 13.0. The molecule has 0 saturated carbocycles. The smallest absolute Gasteiger partial charge is 0.243 e. The van der Waals surface area contributed by atoms with E-state index in [0.29, 0.717) is 41.8 Å². The van der Waals surface area contributed by atoms with Crippen molar-refractivity contribution in [3.63, 3.8) is 0 Å². The molecule has 2 N–H and O–H groups in total. The van der Waals surface area contributed by atoms with E-state index >= 15 is 0 Å². The normalized spacial score (nSPS) is 15.9. The van der Waals surface area contributed by atoms with E-state index in [9.17, 15) is 13.5 Å². The zero-order chi connectivity index (χ0) is 24.5. The number of rotatable bonds is 9. The van der Waals surface area contributed by atoms with Crippen LogP contribution in [0.25, 0.3) is 17.1 Å². The molecular formula is C22H27N5O6S. The molecule has 0 bridgehead atoms. The van der Waals surface area contributed by atoms with Gasteiger partial charge in [-0.05, 0) is 30.7 Å². The Bertz CT molecular complexity index is 1270. The van der Waals surface area contributed by atoms with Gasteiger partial charge in [-0.2, -0.15) is 0 Å². The molecule has 3 heterocycles. The van der Waals surface area contributed by atoms with E-state index in [1.54, 1.807) is 37.5 Å². The number of nitrogens with zero attached hydrogens (tertiary/aromatic N) is 4. The number of methoxy groups -OCH3 is 2. The van der Waals surface area contributed by atoms with Crippen molar-refractivity contribution in [2.45, 2.75) is 20.0 Å². The first-order valence-corrected chi connectivity index (χ1v) is 12.2. The number of aromatic nitrogens is 4. The summed E-state index contributed by atoms with van der Waals surface area (Å²) < 4.78 is 46.2. The van der Waals surface area contributed by atoms with Gasteiger partial charge >= 0.3 is 0 Å². The molecule has 12 heteroatoms. The van der Waals surface area contributed by atoms with E-state index in [2.05, 4.69) is 19.9 Å². The second-order valence-electron chi connectivity index (χ2n) is 8.49. The van der Waals surface area contributed by atoms with Crippen LogP contribution < -0.4 is 14.2 Å². The molecule has 1 aliphatic heterocycles. The molecule has 3 aromatic rings. The summed E-state index contributed by atoms with van der Waals surface area (Å²) in [6.07, 6.45) is 2.19. The Hall–Kier alpha value is -3.22. The highest BCUT2D eigenvalue weighted by Gasteiger charge is 2.42. The van der Waals surface area contributed by atoms with Crippen molar-refractivity contribution in [1.82, 2.24) is 19.7 Å². The van der Waals surface area contributed by atoms with Gasteiger partial charge in [0.15, 0.2) is 5.82 Å². The Balaban J connectivity index is 1.82. The van der Waals surface area contributed by atoms with Crippen molar-refractivity contribution in [1.29, 1.82) is 0 Å². The van der Waals surface area contributed by atoms with Crippen LogP contribution in [0.15, 0.2) is 36.7 Å². The van der Waals surface area contributed by atoms with Crippen molar-refractivity contribution in [3.8, 4) is 28.6 Å². The van der Waals surface area contributed by atoms with Crippen LogP contribution in [0, 0.1) is 12.3 Å². The second kappa shape index (κ2) is 9.20. The lowest BCUT2D eigenvalue weighted by Gasteiger charge is -2.41. The first-order chi connectivity index (χ1) is 16.2. The van der Waals surface area contributed by atoms with Crippen LogP contribution in [-0.2, 0) is 14.8 Å². The molecule has 0 radical (unpaired) electrons. The summed E-state index contributed by atoms with van der Waals surface area (Å²) in [5.74, 6) is 0.559. The molecule has 182 valence electrons. The predicted octanol–water partition coefficient (Wildman–Crippen LogP) is 1.79. The Labute approximate surface area is 197 Å². The zero-order valence-electron chi connectivity index (χ0n) is 19.3. The fraction of sp³-hybridized carbons (Fsp3) is 0.409. The number of pyridine rings is 1. The predicted molar refractivity (Wildman–Crippen MR) is 125 cm³/mol. The molecule has 1 aromatic carbocycles. The van der Waals surface area contributed by atoms with Crippen LogP contribution in [0.2, 0.25) is 0 Å². The minimum atomic E-state index is -4.02. The molecule has 0 unspecified atom stereocenters. The molecule has 4 rings (SSSR count). The van der Waals surface area contributed by atoms with Gasteiger partial charge in [-0.1, -0.05) is 13.0 Å². The van der Waals surface area contributed by atoms with Gasteiger partial charge in [0.1, 0.15) is 17.2 Å². The molecule has 0 aliphatic carbocycles. The van der Waals surface area contributed by atoms with Gasteiger partial charge in [0.05, 0.1) is 39.3 Å². The first-order valence-electron chi connectivity index (χ1n) is 10.5. The lowest BCUT2D eigenvalue weighted by atomic mass is 9.83. The van der Waals surface area contributed by atoms with E-state index in [0.717, 1.165) is 5.56 Å². The van der Waals surface area contributed by atoms with Gasteiger partial charge in [-0.3, -0.25) is 14.3 Å². The number of hydrogen-bond acceptors (Lipinski definition) is 9. The average Bonchev–Trinajstić information content (AvgIpc) is 3.18. The molecule has 0 spiro atoms. The van der Waals surface area contributed by atoms with Crippen molar-refractivity contribution < 1.29 is 27.7 Å². The van der Waals surface area contributed by atoms with Crippen LogP contribution in [0.3, 0.4) is 0 Å². The summed E-state index contributed by atoms with van der Waals surface area (Å²) in [4.78, 5) is 4.22. The zero-order valence-corrected chi connectivity index (χ0v) is 20.2. The van der Waals surface area contributed by atoms with Crippen LogP contribution in [0.5, 0.6) is 11.5 Å². The number of ether oxygens (including phenoxy) is 3. The third kappa shape index (κ3) is 4.56. The Kier molecular flexibility index (Phi) is 6.47. The monoisotopic (exact) mass is 489 g/mol. The maximum Gasteiger partial charge on any atom is 0.243 e. The standard InChI is InChI=1S/C22H27N5O6S/c1-14-8-15(10-23-9-14)20-24-25-21(26-34(29,30)11-18(28)22(2)12-33-13-22)27(20)19-16(31-3)6-5-7-17(19)32-4/h5-10,18,28H,11-13H2,1-4H3,(H,25,26)/t18-/m0/s1. The molecule has 1 atom stereocenters. The highest BCUT2D eigenvalue weighted by atomic mass is 32.2. The van der Waals surface area contributed by atoms with Crippen molar-refractivity contribution in [2.75, 3.05) is 37.9 Å². The molecule has 1 saturated heterocycles. The number of para-hydroxylation sites is 1. The molecular weight excluding hydrogens is 462 g/mol. The minimum Gasteiger partial charge on any atom is -0.494 e. The largest absolute Gasteiger partial charge is 0.494 e. The van der Waals surface area contributed by atoms with Crippen LogP contribution >= 0.6 is 0 Å². The number of nitrogens with one attached hydrogen (secondary N) is 1. The number of aliphatic hydroxyl groups excluding tert-OH is 1. The summed E-state index contributed by atoms with van der Waals surface area (Å²) in [6, 6.07) is 7.04. The molecule has 11 nitrogen and oxygen atoms in total. The molecule has 1 aliphatic rings. The van der Waals surface area contributed by atoms with Gasteiger partial charge < -0.3 is 19.3 Å². The van der Waals surface area contributed by atoms with E-state index in [1.807, 2.05) is 13.0 Å². The number of aliphatic hydroxyl groups is 1. The van der Waals surface area contributed by atoms with Crippen LogP contribution in [0.4, 0.5) is 5.95 Å². The Morgan fingerprint density at radius 2 is 1.88 bits per heavy atom. The van der Waals surface area contributed by atoms with E-state index in [1.165, 1.54) is 18.8 Å². The third-order valence-electron chi connectivity index (χ3n) is 5.71. The van der Waals surface area contributed by atoms with Crippen molar-refractivity contribution in [3.05, 3.63) is 42.2 Å².